The van der Waals surface area contributed by atoms with Crippen LogP contribution < -0.4 is 10.1 Å². The van der Waals surface area contributed by atoms with Crippen molar-refractivity contribution < 1.29 is 19.4 Å². The number of rotatable bonds is 10. The highest BCUT2D eigenvalue weighted by Crippen LogP contribution is 2.16. The molecule has 0 heterocycles. The molecule has 0 aliphatic rings. The molecule has 2 aromatic carbocycles. The van der Waals surface area contributed by atoms with E-state index in [2.05, 4.69) is 12.2 Å². The predicted octanol–water partition coefficient (Wildman–Crippen LogP) is 3.10. The van der Waals surface area contributed by atoms with E-state index in [1.807, 2.05) is 42.5 Å². The lowest BCUT2D eigenvalue weighted by molar-refractivity contribution is -0.145. The molecular formula is C21H27NO4. The zero-order chi connectivity index (χ0) is 18.8. The fraction of sp³-hybridized carbons (Fsp3) is 0.381. The maximum Gasteiger partial charge on any atom is 0.344 e. The van der Waals surface area contributed by atoms with Crippen molar-refractivity contribution in [3.05, 3.63) is 59.7 Å². The first-order chi connectivity index (χ1) is 12.6. The third-order valence-electron chi connectivity index (χ3n) is 4.01. The Labute approximate surface area is 155 Å². The van der Waals surface area contributed by atoms with Crippen molar-refractivity contribution in [1.29, 1.82) is 0 Å². The molecule has 0 bridgehead atoms. The van der Waals surface area contributed by atoms with Gasteiger partial charge in [-0.2, -0.15) is 0 Å². The minimum Gasteiger partial charge on any atom is -0.508 e. The lowest BCUT2D eigenvalue weighted by atomic mass is 10.1. The molecule has 0 saturated carbocycles. The number of phenolic OH excluding ortho intramolecular Hbond substituents is 1. The monoisotopic (exact) mass is 357 g/mol. The molecule has 2 N–H and O–H groups in total. The molecule has 5 nitrogen and oxygen atoms in total. The summed E-state index contributed by atoms with van der Waals surface area (Å²) in [5, 5.41) is 13.2. The van der Waals surface area contributed by atoms with E-state index in [0.29, 0.717) is 24.1 Å². The van der Waals surface area contributed by atoms with Crippen LogP contribution in [0, 0.1) is 0 Å². The second-order valence-electron chi connectivity index (χ2n) is 6.18. The first kappa shape index (κ1) is 19.8. The highest BCUT2D eigenvalue weighted by atomic mass is 16.6. The van der Waals surface area contributed by atoms with Gasteiger partial charge in [0.05, 0.1) is 6.61 Å². The molecule has 140 valence electrons. The number of hydrogen-bond donors (Lipinski definition) is 2. The number of esters is 1. The van der Waals surface area contributed by atoms with Gasteiger partial charge in [0.15, 0.2) is 6.61 Å². The van der Waals surface area contributed by atoms with E-state index in [-0.39, 0.29) is 12.6 Å². The standard InChI is InChI=1S/C21H27NO4/c1-3-25-21(24)15-26-19-10-8-17(9-11-19)14-16(2)22-13-12-18-6-4-5-7-20(18)23/h4-11,16,22-23H,3,12-15H2,1-2H3/t16-/m1/s1. The molecule has 5 heteroatoms. The smallest absolute Gasteiger partial charge is 0.344 e. The number of ether oxygens (including phenoxy) is 2. The van der Waals surface area contributed by atoms with Crippen molar-refractivity contribution in [2.24, 2.45) is 0 Å². The van der Waals surface area contributed by atoms with E-state index in [9.17, 15) is 9.90 Å². The molecule has 0 amide bonds. The topological polar surface area (TPSA) is 67.8 Å². The van der Waals surface area contributed by atoms with Gasteiger partial charge in [0, 0.05) is 6.04 Å². The van der Waals surface area contributed by atoms with Gasteiger partial charge in [0.25, 0.3) is 0 Å². The molecule has 0 aromatic heterocycles. The quantitative estimate of drug-likeness (QED) is 0.640. The Morgan fingerprint density at radius 2 is 1.88 bits per heavy atom. The molecule has 0 aliphatic heterocycles. The molecule has 0 aliphatic carbocycles. The normalized spacial score (nSPS) is 11.8. The molecule has 1 atom stereocenters. The van der Waals surface area contributed by atoms with Gasteiger partial charge in [-0.1, -0.05) is 30.3 Å². The van der Waals surface area contributed by atoms with Crippen LogP contribution in [0.3, 0.4) is 0 Å². The summed E-state index contributed by atoms with van der Waals surface area (Å²) in [6.07, 6.45) is 1.68. The summed E-state index contributed by atoms with van der Waals surface area (Å²) in [4.78, 5) is 11.3. The van der Waals surface area contributed by atoms with E-state index in [1.54, 1.807) is 13.0 Å². The molecular weight excluding hydrogens is 330 g/mol. The molecule has 2 aromatic rings. The van der Waals surface area contributed by atoms with Crippen molar-refractivity contribution in [2.75, 3.05) is 19.8 Å². The summed E-state index contributed by atoms with van der Waals surface area (Å²) in [7, 11) is 0. The summed E-state index contributed by atoms with van der Waals surface area (Å²) in [5.74, 6) is 0.640. The first-order valence-corrected chi connectivity index (χ1v) is 8.96. The van der Waals surface area contributed by atoms with Gasteiger partial charge in [-0.25, -0.2) is 4.79 Å². The Hall–Kier alpha value is -2.53. The van der Waals surface area contributed by atoms with Gasteiger partial charge in [-0.3, -0.25) is 0 Å². The summed E-state index contributed by atoms with van der Waals surface area (Å²) in [5.41, 5.74) is 2.14. The van der Waals surface area contributed by atoms with Gasteiger partial charge in [0.1, 0.15) is 11.5 Å². The Kier molecular flexibility index (Phi) is 7.96. The van der Waals surface area contributed by atoms with Crippen LogP contribution in [0.1, 0.15) is 25.0 Å². The molecule has 0 unspecified atom stereocenters. The van der Waals surface area contributed by atoms with E-state index in [0.717, 1.165) is 24.9 Å². The van der Waals surface area contributed by atoms with Crippen molar-refractivity contribution in [3.8, 4) is 11.5 Å². The van der Waals surface area contributed by atoms with E-state index in [1.165, 1.54) is 5.56 Å². The fourth-order valence-electron chi connectivity index (χ4n) is 2.67. The summed E-state index contributed by atoms with van der Waals surface area (Å²) in [6, 6.07) is 15.5. The summed E-state index contributed by atoms with van der Waals surface area (Å²) < 4.78 is 10.2. The van der Waals surface area contributed by atoms with Crippen LogP contribution in [0.5, 0.6) is 11.5 Å². The predicted molar refractivity (Wildman–Crippen MR) is 102 cm³/mol. The zero-order valence-electron chi connectivity index (χ0n) is 15.4. The number of carbonyl (C=O) groups excluding carboxylic acids is 1. The highest BCUT2D eigenvalue weighted by Gasteiger charge is 2.06. The van der Waals surface area contributed by atoms with Crippen molar-refractivity contribution in [1.82, 2.24) is 5.32 Å². The van der Waals surface area contributed by atoms with Crippen molar-refractivity contribution in [3.63, 3.8) is 0 Å². The minimum atomic E-state index is -0.362. The lowest BCUT2D eigenvalue weighted by Crippen LogP contribution is -2.30. The second-order valence-corrected chi connectivity index (χ2v) is 6.18. The first-order valence-electron chi connectivity index (χ1n) is 8.96. The number of benzene rings is 2. The Morgan fingerprint density at radius 3 is 2.58 bits per heavy atom. The van der Waals surface area contributed by atoms with Crippen LogP contribution in [0.2, 0.25) is 0 Å². The van der Waals surface area contributed by atoms with Crippen LogP contribution in [-0.2, 0) is 22.4 Å². The van der Waals surface area contributed by atoms with Crippen LogP contribution in [-0.4, -0.2) is 36.9 Å². The van der Waals surface area contributed by atoms with Gasteiger partial charge in [-0.15, -0.1) is 0 Å². The Bertz CT molecular complexity index is 685. The average molecular weight is 357 g/mol. The summed E-state index contributed by atoms with van der Waals surface area (Å²) in [6.45, 7) is 4.99. The zero-order valence-corrected chi connectivity index (χ0v) is 15.4. The molecule has 0 radical (unpaired) electrons. The average Bonchev–Trinajstić information content (AvgIpc) is 2.63. The van der Waals surface area contributed by atoms with Gasteiger partial charge >= 0.3 is 5.97 Å². The maximum atomic E-state index is 11.3. The number of para-hydroxylation sites is 1. The number of aromatic hydroxyl groups is 1. The minimum absolute atomic E-state index is 0.0719. The second kappa shape index (κ2) is 10.5. The van der Waals surface area contributed by atoms with Gasteiger partial charge in [0.2, 0.25) is 0 Å². The largest absolute Gasteiger partial charge is 0.508 e. The molecule has 0 saturated heterocycles. The molecule has 2 rings (SSSR count). The number of phenols is 1. The van der Waals surface area contributed by atoms with Crippen LogP contribution in [0.4, 0.5) is 0 Å². The lowest BCUT2D eigenvalue weighted by Gasteiger charge is -2.14. The molecule has 26 heavy (non-hydrogen) atoms. The highest BCUT2D eigenvalue weighted by molar-refractivity contribution is 5.71. The third-order valence-corrected chi connectivity index (χ3v) is 4.01. The van der Waals surface area contributed by atoms with E-state index >= 15 is 0 Å². The van der Waals surface area contributed by atoms with E-state index in [4.69, 9.17) is 9.47 Å². The maximum absolute atomic E-state index is 11.3. The summed E-state index contributed by atoms with van der Waals surface area (Å²) >= 11 is 0. The van der Waals surface area contributed by atoms with Crippen molar-refractivity contribution in [2.45, 2.75) is 32.7 Å². The number of hydrogen-bond acceptors (Lipinski definition) is 5. The number of nitrogens with one attached hydrogen (secondary N) is 1. The molecule has 0 fully saturated rings. The van der Waals surface area contributed by atoms with Gasteiger partial charge < -0.3 is 19.9 Å². The Morgan fingerprint density at radius 1 is 1.15 bits per heavy atom. The third kappa shape index (κ3) is 6.76. The molecule has 0 spiro atoms. The fourth-order valence-corrected chi connectivity index (χ4v) is 2.67. The van der Waals surface area contributed by atoms with Crippen LogP contribution in [0.15, 0.2) is 48.5 Å². The Balaban J connectivity index is 1.72. The van der Waals surface area contributed by atoms with Crippen LogP contribution >= 0.6 is 0 Å². The van der Waals surface area contributed by atoms with Crippen LogP contribution in [0.25, 0.3) is 0 Å². The SMILES string of the molecule is CCOC(=O)COc1ccc(C[C@@H](C)NCCc2ccccc2O)cc1. The van der Waals surface area contributed by atoms with E-state index < -0.39 is 0 Å². The number of carbonyl (C=O) groups is 1. The van der Waals surface area contributed by atoms with Gasteiger partial charge in [-0.05, 0) is 62.6 Å². The van der Waals surface area contributed by atoms with Crippen molar-refractivity contribution >= 4 is 5.97 Å².